The van der Waals surface area contributed by atoms with E-state index in [9.17, 15) is 4.79 Å². The largest absolute Gasteiger partial charge is 0.383 e. The highest BCUT2D eigenvalue weighted by Crippen LogP contribution is 2.11. The number of amides is 1. The quantitative estimate of drug-likeness (QED) is 0.473. The highest BCUT2D eigenvalue weighted by molar-refractivity contribution is 5.80. The second kappa shape index (κ2) is 8.92. The summed E-state index contributed by atoms with van der Waals surface area (Å²) < 4.78 is 4.84. The summed E-state index contributed by atoms with van der Waals surface area (Å²) in [5, 5.41) is 8.72. The van der Waals surface area contributed by atoms with E-state index in [1.54, 1.807) is 13.2 Å². The molecule has 0 saturated carbocycles. The number of hydrogen-bond acceptors (Lipinski definition) is 7. The number of hydrogen-bond donors (Lipinski definition) is 4. The average molecular weight is 282 g/mol. The molecule has 0 bridgehead atoms. The Hall–Kier alpha value is -2.09. The van der Waals surface area contributed by atoms with Gasteiger partial charge in [-0.15, -0.1) is 0 Å². The fourth-order valence-corrected chi connectivity index (χ4v) is 1.43. The van der Waals surface area contributed by atoms with E-state index in [4.69, 9.17) is 10.5 Å². The van der Waals surface area contributed by atoms with Crippen molar-refractivity contribution in [2.75, 3.05) is 49.7 Å². The van der Waals surface area contributed by atoms with Gasteiger partial charge < -0.3 is 26.4 Å². The van der Waals surface area contributed by atoms with Crippen molar-refractivity contribution >= 4 is 23.5 Å². The summed E-state index contributed by atoms with van der Waals surface area (Å²) >= 11 is 0. The second-order valence-corrected chi connectivity index (χ2v) is 4.12. The number of nitrogen functional groups attached to an aromatic ring is 1. The molecule has 0 saturated heterocycles. The van der Waals surface area contributed by atoms with Crippen molar-refractivity contribution in [2.45, 2.75) is 13.3 Å². The van der Waals surface area contributed by atoms with Gasteiger partial charge in [0.2, 0.25) is 11.9 Å². The van der Waals surface area contributed by atoms with Crippen molar-refractivity contribution in [3.8, 4) is 0 Å². The number of carbonyl (C=O) groups excluding carboxylic acids is 1. The molecule has 0 atom stereocenters. The zero-order valence-electron chi connectivity index (χ0n) is 11.9. The summed E-state index contributed by atoms with van der Waals surface area (Å²) in [5.74, 6) is 1.18. The summed E-state index contributed by atoms with van der Waals surface area (Å²) in [4.78, 5) is 19.6. The number of anilines is 3. The smallest absolute Gasteiger partial charge is 0.239 e. The number of ether oxygens (including phenoxy) is 1. The Bertz CT molecular complexity index is 426. The zero-order valence-corrected chi connectivity index (χ0v) is 11.9. The van der Waals surface area contributed by atoms with Crippen LogP contribution in [0.5, 0.6) is 0 Å². The number of nitrogens with one attached hydrogen (secondary N) is 3. The van der Waals surface area contributed by atoms with Crippen molar-refractivity contribution in [1.29, 1.82) is 0 Å². The SMILES string of the molecule is CCCNc1cc(NCC(=O)NCCOC)nc(N)n1. The molecule has 0 radical (unpaired) electrons. The van der Waals surface area contributed by atoms with Crippen LogP contribution >= 0.6 is 0 Å². The normalized spacial score (nSPS) is 10.1. The van der Waals surface area contributed by atoms with Crippen LogP contribution in [0, 0.1) is 0 Å². The van der Waals surface area contributed by atoms with E-state index in [1.165, 1.54) is 0 Å². The molecule has 0 fully saturated rings. The summed E-state index contributed by atoms with van der Waals surface area (Å²) in [6.45, 7) is 3.94. The van der Waals surface area contributed by atoms with Crippen molar-refractivity contribution in [2.24, 2.45) is 0 Å². The summed E-state index contributed by atoms with van der Waals surface area (Å²) in [6, 6.07) is 1.72. The van der Waals surface area contributed by atoms with Gasteiger partial charge in [-0.3, -0.25) is 4.79 Å². The zero-order chi connectivity index (χ0) is 14.8. The van der Waals surface area contributed by atoms with Crippen LogP contribution in [0.4, 0.5) is 17.6 Å². The maximum Gasteiger partial charge on any atom is 0.239 e. The Kier molecular flexibility index (Phi) is 7.12. The van der Waals surface area contributed by atoms with E-state index in [1.807, 2.05) is 0 Å². The molecule has 8 heteroatoms. The van der Waals surface area contributed by atoms with Gasteiger partial charge in [-0.2, -0.15) is 9.97 Å². The van der Waals surface area contributed by atoms with E-state index in [2.05, 4.69) is 32.8 Å². The molecule has 0 aliphatic rings. The van der Waals surface area contributed by atoms with E-state index < -0.39 is 0 Å². The number of carbonyl (C=O) groups is 1. The van der Waals surface area contributed by atoms with Crippen LogP contribution in [0.1, 0.15) is 13.3 Å². The van der Waals surface area contributed by atoms with Crippen LogP contribution in [0.25, 0.3) is 0 Å². The fourth-order valence-electron chi connectivity index (χ4n) is 1.43. The van der Waals surface area contributed by atoms with Gasteiger partial charge in [0.05, 0.1) is 13.2 Å². The number of aromatic nitrogens is 2. The first-order chi connectivity index (χ1) is 9.65. The number of nitrogens with two attached hydrogens (primary N) is 1. The van der Waals surface area contributed by atoms with Crippen LogP contribution in [-0.2, 0) is 9.53 Å². The van der Waals surface area contributed by atoms with E-state index in [0.717, 1.165) is 13.0 Å². The summed E-state index contributed by atoms with van der Waals surface area (Å²) in [7, 11) is 1.58. The van der Waals surface area contributed by atoms with Gasteiger partial charge in [0, 0.05) is 26.3 Å². The highest BCUT2D eigenvalue weighted by atomic mass is 16.5. The molecule has 1 aromatic rings. The Morgan fingerprint density at radius 2 is 2.00 bits per heavy atom. The van der Waals surface area contributed by atoms with Crippen LogP contribution in [0.2, 0.25) is 0 Å². The predicted molar refractivity (Wildman–Crippen MR) is 78.6 cm³/mol. The Balaban J connectivity index is 2.46. The van der Waals surface area contributed by atoms with Gasteiger partial charge in [0.1, 0.15) is 11.6 Å². The minimum atomic E-state index is -0.137. The molecule has 112 valence electrons. The standard InChI is InChI=1S/C12H22N6O2/c1-3-4-14-9-7-10(18-12(13)17-9)16-8-11(19)15-5-6-20-2/h7H,3-6,8H2,1-2H3,(H,15,19)(H4,13,14,16,17,18). The summed E-state index contributed by atoms with van der Waals surface area (Å²) in [6.07, 6.45) is 0.981. The fraction of sp³-hybridized carbons (Fsp3) is 0.583. The predicted octanol–water partition coefficient (Wildman–Crippen LogP) is 0.0552. The lowest BCUT2D eigenvalue weighted by Crippen LogP contribution is -2.32. The number of rotatable bonds is 9. The van der Waals surface area contributed by atoms with E-state index in [0.29, 0.717) is 24.8 Å². The van der Waals surface area contributed by atoms with Crippen LogP contribution in [-0.4, -0.2) is 49.2 Å². The number of methoxy groups -OCH3 is 1. The van der Waals surface area contributed by atoms with Gasteiger partial charge in [-0.05, 0) is 6.42 Å². The molecule has 0 aliphatic carbocycles. The van der Waals surface area contributed by atoms with Gasteiger partial charge in [-0.25, -0.2) is 0 Å². The van der Waals surface area contributed by atoms with Gasteiger partial charge in [0.25, 0.3) is 0 Å². The molecular formula is C12H22N6O2. The monoisotopic (exact) mass is 282 g/mol. The Morgan fingerprint density at radius 1 is 1.30 bits per heavy atom. The summed E-state index contributed by atoms with van der Waals surface area (Å²) in [5.41, 5.74) is 5.62. The highest BCUT2D eigenvalue weighted by Gasteiger charge is 2.04. The first kappa shape index (κ1) is 16.0. The maximum absolute atomic E-state index is 11.5. The number of nitrogens with zero attached hydrogens (tertiary/aromatic N) is 2. The molecule has 1 amide bonds. The lowest BCUT2D eigenvalue weighted by atomic mass is 10.4. The molecule has 0 spiro atoms. The molecule has 1 heterocycles. The van der Waals surface area contributed by atoms with E-state index >= 15 is 0 Å². The third-order valence-electron chi connectivity index (χ3n) is 2.36. The minimum absolute atomic E-state index is 0.118. The first-order valence-corrected chi connectivity index (χ1v) is 6.53. The molecule has 1 aromatic heterocycles. The van der Waals surface area contributed by atoms with Crippen LogP contribution in [0.15, 0.2) is 6.07 Å². The molecule has 1 rings (SSSR count). The van der Waals surface area contributed by atoms with Crippen LogP contribution < -0.4 is 21.7 Å². The van der Waals surface area contributed by atoms with Crippen molar-refractivity contribution < 1.29 is 9.53 Å². The van der Waals surface area contributed by atoms with Crippen LogP contribution in [0.3, 0.4) is 0 Å². The molecular weight excluding hydrogens is 260 g/mol. The molecule has 8 nitrogen and oxygen atoms in total. The molecule has 20 heavy (non-hydrogen) atoms. The maximum atomic E-state index is 11.5. The third-order valence-corrected chi connectivity index (χ3v) is 2.36. The lowest BCUT2D eigenvalue weighted by molar-refractivity contribution is -0.119. The average Bonchev–Trinajstić information content (AvgIpc) is 2.43. The van der Waals surface area contributed by atoms with Gasteiger partial charge >= 0.3 is 0 Å². The van der Waals surface area contributed by atoms with E-state index in [-0.39, 0.29) is 18.4 Å². The minimum Gasteiger partial charge on any atom is -0.383 e. The van der Waals surface area contributed by atoms with Crippen molar-refractivity contribution in [3.05, 3.63) is 6.07 Å². The second-order valence-electron chi connectivity index (χ2n) is 4.12. The van der Waals surface area contributed by atoms with Crippen molar-refractivity contribution in [1.82, 2.24) is 15.3 Å². The molecule has 5 N–H and O–H groups in total. The molecule has 0 aromatic carbocycles. The Morgan fingerprint density at radius 3 is 2.65 bits per heavy atom. The topological polar surface area (TPSA) is 114 Å². The van der Waals surface area contributed by atoms with Gasteiger partial charge in [0.15, 0.2) is 0 Å². The molecule has 0 aliphatic heterocycles. The van der Waals surface area contributed by atoms with Gasteiger partial charge in [-0.1, -0.05) is 6.92 Å². The lowest BCUT2D eigenvalue weighted by Gasteiger charge is -2.09. The van der Waals surface area contributed by atoms with Crippen molar-refractivity contribution in [3.63, 3.8) is 0 Å². The first-order valence-electron chi connectivity index (χ1n) is 6.53. The third kappa shape index (κ3) is 6.19. The Labute approximate surface area is 118 Å². The molecule has 0 unspecified atom stereocenters.